The summed E-state index contributed by atoms with van der Waals surface area (Å²) in [4.78, 5) is 10.1. The van der Waals surface area contributed by atoms with Crippen molar-refractivity contribution < 1.29 is 9.53 Å². The molecule has 0 heterocycles. The molecule has 0 aromatic carbocycles. The lowest BCUT2D eigenvalue weighted by Crippen LogP contribution is -2.24. The molecule has 78 valence electrons. The van der Waals surface area contributed by atoms with Crippen molar-refractivity contribution in [3.8, 4) is 0 Å². The lowest BCUT2D eigenvalue weighted by Gasteiger charge is -2.03. The Morgan fingerprint density at radius 2 is 2.23 bits per heavy atom. The Labute approximate surface area is 83.6 Å². The van der Waals surface area contributed by atoms with E-state index in [1.54, 1.807) is 0 Å². The second-order valence-electron chi connectivity index (χ2n) is 2.62. The lowest BCUT2D eigenvalue weighted by molar-refractivity contribution is 0.157. The third kappa shape index (κ3) is 11.6. The van der Waals surface area contributed by atoms with E-state index in [1.165, 1.54) is 12.2 Å². The Kier molecular flexibility index (Phi) is 9.35. The number of carbonyl (C=O) groups excluding carboxylic acids is 1. The van der Waals surface area contributed by atoms with Crippen molar-refractivity contribution in [1.82, 2.24) is 5.32 Å². The van der Waals surface area contributed by atoms with Crippen LogP contribution in [0, 0.1) is 0 Å². The number of nitrogens with one attached hydrogen (secondary N) is 1. The highest BCUT2D eigenvalue weighted by molar-refractivity contribution is 7.98. The van der Waals surface area contributed by atoms with Gasteiger partial charge in [-0.1, -0.05) is 0 Å². The van der Waals surface area contributed by atoms with Crippen LogP contribution in [-0.4, -0.2) is 37.8 Å². The molecule has 0 rings (SSSR count). The molecule has 0 aromatic heterocycles. The second-order valence-corrected chi connectivity index (χ2v) is 3.60. The van der Waals surface area contributed by atoms with Gasteiger partial charge in [-0.15, -0.1) is 0 Å². The zero-order chi connectivity index (χ0) is 9.94. The molecule has 0 bridgehead atoms. The van der Waals surface area contributed by atoms with Crippen LogP contribution in [0.2, 0.25) is 0 Å². The monoisotopic (exact) mass is 206 g/mol. The van der Waals surface area contributed by atoms with Crippen LogP contribution in [0.15, 0.2) is 0 Å². The van der Waals surface area contributed by atoms with Crippen molar-refractivity contribution in [1.29, 1.82) is 0 Å². The summed E-state index contributed by atoms with van der Waals surface area (Å²) in [5.41, 5.74) is 4.78. The van der Waals surface area contributed by atoms with Gasteiger partial charge >= 0.3 is 6.09 Å². The number of hydrogen-bond acceptors (Lipinski definition) is 4. The molecule has 5 heteroatoms. The molecule has 3 N–H and O–H groups in total. The number of rotatable bonds is 8. The first-order valence-electron chi connectivity index (χ1n) is 4.39. The van der Waals surface area contributed by atoms with Gasteiger partial charge in [-0.3, -0.25) is 0 Å². The Morgan fingerprint density at radius 1 is 1.46 bits per heavy atom. The number of thioether (sulfide) groups is 1. The molecule has 13 heavy (non-hydrogen) atoms. The molecular formula is C8H18N2O2S. The minimum absolute atomic E-state index is 0.359. The van der Waals surface area contributed by atoms with Crippen molar-refractivity contribution in [2.24, 2.45) is 5.73 Å². The topological polar surface area (TPSA) is 64.3 Å². The van der Waals surface area contributed by atoms with Gasteiger partial charge in [0.1, 0.15) is 6.61 Å². The van der Waals surface area contributed by atoms with Crippen LogP contribution in [0.3, 0.4) is 0 Å². The van der Waals surface area contributed by atoms with Gasteiger partial charge in [-0.25, -0.2) is 4.79 Å². The highest BCUT2D eigenvalue weighted by Crippen LogP contribution is 1.97. The lowest BCUT2D eigenvalue weighted by atomic mass is 10.3. The first-order valence-corrected chi connectivity index (χ1v) is 5.78. The molecule has 0 aliphatic heterocycles. The van der Waals surface area contributed by atoms with Gasteiger partial charge in [0, 0.05) is 6.54 Å². The summed E-state index contributed by atoms with van der Waals surface area (Å²) in [6, 6.07) is 0. The van der Waals surface area contributed by atoms with Crippen LogP contribution in [0.5, 0.6) is 0 Å². The molecule has 1 amide bonds. The zero-order valence-electron chi connectivity index (χ0n) is 8.04. The highest BCUT2D eigenvalue weighted by Gasteiger charge is 1.92. The predicted octanol–water partition coefficient (Wildman–Crippen LogP) is 0.815. The Balaban J connectivity index is 2.87. The average Bonchev–Trinajstić information content (AvgIpc) is 2.09. The molecule has 0 saturated carbocycles. The van der Waals surface area contributed by atoms with E-state index in [9.17, 15) is 4.79 Å². The normalized spacial score (nSPS) is 9.92. The summed E-state index contributed by atoms with van der Waals surface area (Å²) in [5, 5.41) is 3.16. The van der Waals surface area contributed by atoms with E-state index in [2.05, 4.69) is 16.3 Å². The van der Waals surface area contributed by atoms with Crippen molar-refractivity contribution in [3.05, 3.63) is 0 Å². The fourth-order valence-corrected chi connectivity index (χ4v) is 1.34. The number of ether oxygens (including phenoxy) is 1. The number of carbonyl (C=O) groups is 1. The van der Waals surface area contributed by atoms with Gasteiger partial charge < -0.3 is 15.8 Å². The van der Waals surface area contributed by atoms with Gasteiger partial charge in [0.25, 0.3) is 0 Å². The number of unbranched alkanes of at least 4 members (excludes halogenated alkanes) is 1. The quantitative estimate of drug-likeness (QED) is 0.577. The first-order chi connectivity index (χ1) is 6.27. The minimum Gasteiger partial charge on any atom is -0.448 e. The van der Waals surface area contributed by atoms with E-state index in [0.717, 1.165) is 13.0 Å². The van der Waals surface area contributed by atoms with E-state index in [1.807, 2.05) is 11.8 Å². The van der Waals surface area contributed by atoms with E-state index >= 15 is 0 Å². The molecule has 0 fully saturated rings. The van der Waals surface area contributed by atoms with Crippen molar-refractivity contribution in [3.63, 3.8) is 0 Å². The Bertz CT molecular complexity index is 133. The summed E-state index contributed by atoms with van der Waals surface area (Å²) in [5.74, 6) is 1.21. The van der Waals surface area contributed by atoms with E-state index in [4.69, 9.17) is 5.73 Å². The molecule has 0 radical (unpaired) electrons. The van der Waals surface area contributed by atoms with Crippen LogP contribution >= 0.6 is 11.8 Å². The Hall–Kier alpha value is -0.420. The van der Waals surface area contributed by atoms with Gasteiger partial charge in [-0.05, 0) is 31.4 Å². The standard InChI is InChI=1S/C8H18N2O2S/c1-13-7-3-2-4-10-5-6-12-8(9)11/h10H,2-7H2,1H3,(H2,9,11). The van der Waals surface area contributed by atoms with Gasteiger partial charge in [-0.2, -0.15) is 11.8 Å². The molecule has 0 unspecified atom stereocenters. The van der Waals surface area contributed by atoms with Crippen LogP contribution in [0.4, 0.5) is 4.79 Å². The second kappa shape index (κ2) is 9.67. The molecule has 0 atom stereocenters. The van der Waals surface area contributed by atoms with Crippen LogP contribution < -0.4 is 11.1 Å². The maximum absolute atomic E-state index is 10.1. The predicted molar refractivity (Wildman–Crippen MR) is 56.0 cm³/mol. The molecule has 0 aliphatic rings. The SMILES string of the molecule is CSCCCCNCCOC(N)=O. The molecule has 4 nitrogen and oxygen atoms in total. The van der Waals surface area contributed by atoms with Crippen molar-refractivity contribution in [2.75, 3.05) is 31.7 Å². The summed E-state index contributed by atoms with van der Waals surface area (Å²) in [7, 11) is 0. The fourth-order valence-electron chi connectivity index (χ4n) is 0.845. The number of amides is 1. The van der Waals surface area contributed by atoms with Crippen molar-refractivity contribution >= 4 is 17.9 Å². The average molecular weight is 206 g/mol. The summed E-state index contributed by atoms with van der Waals surface area (Å²) in [6.45, 7) is 2.02. The molecular weight excluding hydrogens is 188 g/mol. The van der Waals surface area contributed by atoms with Crippen LogP contribution in [0.25, 0.3) is 0 Å². The summed E-state index contributed by atoms with van der Waals surface area (Å²) >= 11 is 1.86. The Morgan fingerprint density at radius 3 is 2.85 bits per heavy atom. The minimum atomic E-state index is -0.704. The van der Waals surface area contributed by atoms with Crippen LogP contribution in [0.1, 0.15) is 12.8 Å². The molecule has 0 aromatic rings. The van der Waals surface area contributed by atoms with Gasteiger partial charge in [0.2, 0.25) is 0 Å². The molecule has 0 aliphatic carbocycles. The third-order valence-electron chi connectivity index (χ3n) is 1.48. The third-order valence-corrected chi connectivity index (χ3v) is 2.17. The number of hydrogen-bond donors (Lipinski definition) is 2. The largest absolute Gasteiger partial charge is 0.448 e. The fraction of sp³-hybridized carbons (Fsp3) is 0.875. The smallest absolute Gasteiger partial charge is 0.404 e. The van der Waals surface area contributed by atoms with Crippen LogP contribution in [-0.2, 0) is 4.74 Å². The number of primary amides is 1. The maximum atomic E-state index is 10.1. The first kappa shape index (κ1) is 12.6. The van der Waals surface area contributed by atoms with Crippen molar-refractivity contribution in [2.45, 2.75) is 12.8 Å². The number of nitrogens with two attached hydrogens (primary N) is 1. The summed E-state index contributed by atoms with van der Waals surface area (Å²) in [6.07, 6.45) is 3.79. The van der Waals surface area contributed by atoms with Gasteiger partial charge in [0.15, 0.2) is 0 Å². The molecule has 0 spiro atoms. The van der Waals surface area contributed by atoms with E-state index in [0.29, 0.717) is 13.2 Å². The zero-order valence-corrected chi connectivity index (χ0v) is 8.86. The maximum Gasteiger partial charge on any atom is 0.404 e. The summed E-state index contributed by atoms with van der Waals surface area (Å²) < 4.78 is 4.54. The highest BCUT2D eigenvalue weighted by atomic mass is 32.2. The van der Waals surface area contributed by atoms with E-state index < -0.39 is 6.09 Å². The molecule has 0 saturated heterocycles. The van der Waals surface area contributed by atoms with E-state index in [-0.39, 0.29) is 0 Å². The van der Waals surface area contributed by atoms with Gasteiger partial charge in [0.05, 0.1) is 0 Å².